The minimum atomic E-state index is -0.341. The van der Waals surface area contributed by atoms with Crippen LogP contribution in [0.3, 0.4) is 0 Å². The second-order valence-electron chi connectivity index (χ2n) is 4.98. The van der Waals surface area contributed by atoms with Crippen LogP contribution >= 0.6 is 11.3 Å². The fraction of sp³-hybridized carbons (Fsp3) is 0.188. The van der Waals surface area contributed by atoms with Crippen molar-refractivity contribution in [1.82, 2.24) is 20.7 Å². The van der Waals surface area contributed by atoms with Gasteiger partial charge in [0.15, 0.2) is 5.69 Å². The molecule has 2 N–H and O–H groups in total. The van der Waals surface area contributed by atoms with E-state index in [1.165, 1.54) is 12.1 Å². The van der Waals surface area contributed by atoms with E-state index in [9.17, 15) is 9.18 Å². The zero-order valence-electron chi connectivity index (χ0n) is 12.4. The number of carbonyl (C=O) groups is 1. The molecule has 118 valence electrons. The van der Waals surface area contributed by atoms with Gasteiger partial charge in [0.25, 0.3) is 5.91 Å². The maximum absolute atomic E-state index is 13.0. The summed E-state index contributed by atoms with van der Waals surface area (Å²) in [4.78, 5) is 13.6. The first-order chi connectivity index (χ1) is 11.2. The van der Waals surface area contributed by atoms with Gasteiger partial charge < -0.3 is 5.32 Å². The van der Waals surface area contributed by atoms with E-state index in [1.807, 2.05) is 24.4 Å². The van der Waals surface area contributed by atoms with Gasteiger partial charge in [-0.25, -0.2) is 4.39 Å². The lowest BCUT2D eigenvalue weighted by Gasteiger charge is -2.14. The monoisotopic (exact) mass is 330 g/mol. The van der Waals surface area contributed by atoms with E-state index in [4.69, 9.17) is 0 Å². The number of benzene rings is 1. The highest BCUT2D eigenvalue weighted by Crippen LogP contribution is 2.24. The second-order valence-corrected chi connectivity index (χ2v) is 5.96. The molecule has 1 amide bonds. The number of hydrogen-bond donors (Lipinski definition) is 2. The van der Waals surface area contributed by atoms with Gasteiger partial charge >= 0.3 is 0 Å². The van der Waals surface area contributed by atoms with Crippen molar-refractivity contribution in [3.8, 4) is 11.3 Å². The molecule has 7 heteroatoms. The summed E-state index contributed by atoms with van der Waals surface area (Å²) in [5.74, 6) is -0.648. The van der Waals surface area contributed by atoms with Gasteiger partial charge in [-0.1, -0.05) is 13.0 Å². The average molecular weight is 330 g/mol. The number of thiophene rings is 1. The number of H-pyrrole nitrogens is 1. The Bertz CT molecular complexity index is 783. The zero-order chi connectivity index (χ0) is 16.2. The first-order valence-electron chi connectivity index (χ1n) is 7.20. The number of nitrogens with zero attached hydrogens (tertiary/aromatic N) is 2. The molecule has 5 nitrogen and oxygen atoms in total. The highest BCUT2D eigenvalue weighted by atomic mass is 32.1. The Morgan fingerprint density at radius 2 is 2.09 bits per heavy atom. The van der Waals surface area contributed by atoms with Gasteiger partial charge in [0.05, 0.1) is 6.04 Å². The van der Waals surface area contributed by atoms with Crippen molar-refractivity contribution in [2.75, 3.05) is 0 Å². The van der Waals surface area contributed by atoms with Crippen molar-refractivity contribution < 1.29 is 9.18 Å². The summed E-state index contributed by atoms with van der Waals surface area (Å²) in [6.45, 7) is 2.01. The Balaban J connectivity index is 1.83. The molecule has 1 atom stereocenters. The van der Waals surface area contributed by atoms with Crippen LogP contribution in [0.15, 0.2) is 41.8 Å². The van der Waals surface area contributed by atoms with Crippen LogP contribution in [0.1, 0.15) is 34.8 Å². The van der Waals surface area contributed by atoms with Crippen molar-refractivity contribution in [2.45, 2.75) is 19.4 Å². The molecule has 0 aliphatic rings. The maximum atomic E-state index is 13.0. The van der Waals surface area contributed by atoms with Crippen molar-refractivity contribution in [1.29, 1.82) is 0 Å². The number of aromatic nitrogens is 3. The molecule has 0 aliphatic heterocycles. The van der Waals surface area contributed by atoms with Gasteiger partial charge in [-0.05, 0) is 42.1 Å². The maximum Gasteiger partial charge on any atom is 0.274 e. The first kappa shape index (κ1) is 15.4. The molecular formula is C16H15FN4OS. The molecule has 0 fully saturated rings. The van der Waals surface area contributed by atoms with Crippen molar-refractivity contribution in [3.63, 3.8) is 0 Å². The minimum Gasteiger partial charge on any atom is -0.343 e. The fourth-order valence-corrected chi connectivity index (χ4v) is 3.15. The number of rotatable bonds is 5. The highest BCUT2D eigenvalue weighted by Gasteiger charge is 2.21. The van der Waals surface area contributed by atoms with Crippen LogP contribution in [0.25, 0.3) is 11.3 Å². The zero-order valence-corrected chi connectivity index (χ0v) is 13.2. The van der Waals surface area contributed by atoms with Crippen LogP contribution in [0.4, 0.5) is 4.39 Å². The summed E-state index contributed by atoms with van der Waals surface area (Å²) in [5, 5.41) is 15.4. The van der Waals surface area contributed by atoms with E-state index < -0.39 is 0 Å². The van der Waals surface area contributed by atoms with E-state index in [1.54, 1.807) is 23.5 Å². The summed E-state index contributed by atoms with van der Waals surface area (Å²) in [6.07, 6.45) is 0.774. The summed E-state index contributed by atoms with van der Waals surface area (Å²) in [5.41, 5.74) is 1.24. The Hall–Kier alpha value is -2.54. The Morgan fingerprint density at radius 3 is 2.74 bits per heavy atom. The Morgan fingerprint density at radius 1 is 1.30 bits per heavy atom. The van der Waals surface area contributed by atoms with Crippen LogP contribution in [-0.2, 0) is 0 Å². The summed E-state index contributed by atoms with van der Waals surface area (Å²) in [6, 6.07) is 9.66. The fourth-order valence-electron chi connectivity index (χ4n) is 2.29. The third kappa shape index (κ3) is 3.29. The summed E-state index contributed by atoms with van der Waals surface area (Å²) < 4.78 is 13.0. The number of hydrogen-bond acceptors (Lipinski definition) is 4. The lowest BCUT2D eigenvalue weighted by atomic mass is 10.1. The molecule has 0 bridgehead atoms. The quantitative estimate of drug-likeness (QED) is 0.751. The third-order valence-electron chi connectivity index (χ3n) is 3.48. The molecule has 2 heterocycles. The molecule has 0 radical (unpaired) electrons. The van der Waals surface area contributed by atoms with Gasteiger partial charge in [-0.3, -0.25) is 4.79 Å². The molecule has 0 spiro atoms. The predicted molar refractivity (Wildman–Crippen MR) is 86.6 cm³/mol. The number of aromatic amines is 1. The standard InChI is InChI=1S/C16H15FN4OS/c1-2-12(13-4-3-9-23-13)18-16(22)15-14(19-21-20-15)10-5-7-11(17)8-6-10/h3-9,12H,2H2,1H3,(H,18,22)(H,19,20,21). The smallest absolute Gasteiger partial charge is 0.274 e. The number of carbonyl (C=O) groups excluding carboxylic acids is 1. The molecule has 0 saturated heterocycles. The van der Waals surface area contributed by atoms with E-state index in [0.717, 1.165) is 11.3 Å². The average Bonchev–Trinajstić information content (AvgIpc) is 3.24. The molecule has 1 unspecified atom stereocenters. The van der Waals surface area contributed by atoms with E-state index >= 15 is 0 Å². The summed E-state index contributed by atoms with van der Waals surface area (Å²) >= 11 is 1.60. The molecule has 0 saturated carbocycles. The van der Waals surface area contributed by atoms with Gasteiger partial charge in [-0.15, -0.1) is 11.3 Å². The highest BCUT2D eigenvalue weighted by molar-refractivity contribution is 7.10. The largest absolute Gasteiger partial charge is 0.343 e. The minimum absolute atomic E-state index is 0.0692. The van der Waals surface area contributed by atoms with Crippen LogP contribution in [0, 0.1) is 5.82 Å². The lowest BCUT2D eigenvalue weighted by Crippen LogP contribution is -2.28. The molecular weight excluding hydrogens is 315 g/mol. The van der Waals surface area contributed by atoms with Crippen LogP contribution < -0.4 is 5.32 Å². The first-order valence-corrected chi connectivity index (χ1v) is 8.08. The molecule has 1 aromatic carbocycles. The molecule has 2 aromatic heterocycles. The van der Waals surface area contributed by atoms with Crippen molar-refractivity contribution in [3.05, 3.63) is 58.2 Å². The second kappa shape index (κ2) is 6.70. The topological polar surface area (TPSA) is 70.7 Å². The van der Waals surface area contributed by atoms with Crippen LogP contribution in [-0.4, -0.2) is 21.3 Å². The van der Waals surface area contributed by atoms with E-state index in [0.29, 0.717) is 11.3 Å². The van der Waals surface area contributed by atoms with Crippen molar-refractivity contribution in [2.24, 2.45) is 0 Å². The van der Waals surface area contributed by atoms with Gasteiger partial charge in [0, 0.05) is 10.4 Å². The molecule has 0 aliphatic carbocycles. The normalized spacial score (nSPS) is 12.1. The third-order valence-corrected chi connectivity index (χ3v) is 4.47. The van der Waals surface area contributed by atoms with Crippen LogP contribution in [0.2, 0.25) is 0 Å². The number of nitrogens with one attached hydrogen (secondary N) is 2. The number of halogens is 1. The Labute approximate surface area is 136 Å². The van der Waals surface area contributed by atoms with Gasteiger partial charge in [-0.2, -0.15) is 15.4 Å². The Kier molecular flexibility index (Phi) is 4.47. The van der Waals surface area contributed by atoms with Gasteiger partial charge in [0.2, 0.25) is 0 Å². The predicted octanol–water partition coefficient (Wildman–Crippen LogP) is 3.55. The molecule has 23 heavy (non-hydrogen) atoms. The lowest BCUT2D eigenvalue weighted by molar-refractivity contribution is 0.0932. The molecule has 3 aromatic rings. The van der Waals surface area contributed by atoms with Gasteiger partial charge in [0.1, 0.15) is 11.5 Å². The number of amides is 1. The van der Waals surface area contributed by atoms with Crippen LogP contribution in [0.5, 0.6) is 0 Å². The molecule has 3 rings (SSSR count). The van der Waals surface area contributed by atoms with Crippen molar-refractivity contribution >= 4 is 17.2 Å². The SMILES string of the molecule is CCC(NC(=O)c1n[nH]nc1-c1ccc(F)cc1)c1cccs1. The summed E-state index contributed by atoms with van der Waals surface area (Å²) in [7, 11) is 0. The van der Waals surface area contributed by atoms with E-state index in [2.05, 4.69) is 20.7 Å². The van der Waals surface area contributed by atoms with E-state index in [-0.39, 0.29) is 23.5 Å².